The molecule has 3 aromatic heterocycles. The molecule has 2 aromatic carbocycles. The normalized spacial score (nSPS) is 11.6. The summed E-state index contributed by atoms with van der Waals surface area (Å²) in [6.07, 6.45) is 8.55. The minimum Gasteiger partial charge on any atom is -0.361 e. The highest BCUT2D eigenvalue weighted by Gasteiger charge is 2.06. The molecule has 3 heterocycles. The van der Waals surface area contributed by atoms with Crippen molar-refractivity contribution in [1.82, 2.24) is 29.8 Å². The van der Waals surface area contributed by atoms with Gasteiger partial charge < -0.3 is 10.3 Å². The summed E-state index contributed by atoms with van der Waals surface area (Å²) in [5.41, 5.74) is 4.37. The van der Waals surface area contributed by atoms with Gasteiger partial charge in [-0.25, -0.2) is 9.36 Å². The SMILES string of the molecule is O=C(C=Cc1c[nH]c2ccccc12)Nc1cnn(Cn2nnc3ccccc32)c1. The van der Waals surface area contributed by atoms with Crippen LogP contribution < -0.4 is 5.32 Å². The van der Waals surface area contributed by atoms with Gasteiger partial charge in [0.25, 0.3) is 0 Å². The van der Waals surface area contributed by atoms with Crippen LogP contribution in [0.2, 0.25) is 0 Å². The number of para-hydroxylation sites is 2. The number of nitrogens with zero attached hydrogens (tertiary/aromatic N) is 5. The monoisotopic (exact) mass is 383 g/mol. The molecule has 5 rings (SSSR count). The second-order valence-corrected chi connectivity index (χ2v) is 6.60. The summed E-state index contributed by atoms with van der Waals surface area (Å²) in [6.45, 7) is 0.404. The van der Waals surface area contributed by atoms with E-state index >= 15 is 0 Å². The van der Waals surface area contributed by atoms with Crippen molar-refractivity contribution < 1.29 is 4.79 Å². The van der Waals surface area contributed by atoms with E-state index in [9.17, 15) is 4.79 Å². The number of fused-ring (bicyclic) bond motifs is 2. The second kappa shape index (κ2) is 7.08. The van der Waals surface area contributed by atoms with Gasteiger partial charge in [0, 0.05) is 23.2 Å². The van der Waals surface area contributed by atoms with Crippen LogP contribution in [0.3, 0.4) is 0 Å². The maximum atomic E-state index is 12.3. The third kappa shape index (κ3) is 3.39. The van der Waals surface area contributed by atoms with Crippen LogP contribution in [0.5, 0.6) is 0 Å². The van der Waals surface area contributed by atoms with Crippen molar-refractivity contribution in [3.05, 3.63) is 78.8 Å². The minimum atomic E-state index is -0.221. The van der Waals surface area contributed by atoms with E-state index in [-0.39, 0.29) is 5.91 Å². The quantitative estimate of drug-likeness (QED) is 0.456. The van der Waals surface area contributed by atoms with Gasteiger partial charge in [0.2, 0.25) is 5.91 Å². The predicted octanol–water partition coefficient (Wildman–Crippen LogP) is 3.27. The lowest BCUT2D eigenvalue weighted by molar-refractivity contribution is -0.111. The van der Waals surface area contributed by atoms with Crippen molar-refractivity contribution in [2.24, 2.45) is 0 Å². The Hall–Kier alpha value is -4.20. The molecule has 142 valence electrons. The van der Waals surface area contributed by atoms with E-state index in [1.54, 1.807) is 27.8 Å². The Morgan fingerprint density at radius 3 is 2.97 bits per heavy atom. The molecule has 0 aliphatic rings. The molecule has 0 radical (unpaired) electrons. The molecule has 29 heavy (non-hydrogen) atoms. The fourth-order valence-electron chi connectivity index (χ4n) is 3.25. The van der Waals surface area contributed by atoms with Crippen LogP contribution in [-0.2, 0) is 11.5 Å². The van der Waals surface area contributed by atoms with Crippen molar-refractivity contribution in [3.63, 3.8) is 0 Å². The number of amides is 1. The highest BCUT2D eigenvalue weighted by atomic mass is 16.1. The summed E-state index contributed by atoms with van der Waals surface area (Å²) in [4.78, 5) is 15.5. The van der Waals surface area contributed by atoms with E-state index in [0.29, 0.717) is 12.4 Å². The van der Waals surface area contributed by atoms with Crippen LogP contribution in [0.25, 0.3) is 28.0 Å². The number of aromatic nitrogens is 6. The highest BCUT2D eigenvalue weighted by Crippen LogP contribution is 2.19. The molecular formula is C21H17N7O. The number of carbonyl (C=O) groups is 1. The number of anilines is 1. The third-order valence-corrected chi connectivity index (χ3v) is 4.64. The van der Waals surface area contributed by atoms with E-state index in [1.165, 1.54) is 6.08 Å². The number of hydrogen-bond acceptors (Lipinski definition) is 4. The van der Waals surface area contributed by atoms with Gasteiger partial charge in [-0.15, -0.1) is 5.10 Å². The summed E-state index contributed by atoms with van der Waals surface area (Å²) in [5.74, 6) is -0.221. The Kier molecular flexibility index (Phi) is 4.14. The lowest BCUT2D eigenvalue weighted by atomic mass is 10.1. The van der Waals surface area contributed by atoms with Gasteiger partial charge in [-0.05, 0) is 29.8 Å². The number of hydrogen-bond donors (Lipinski definition) is 2. The smallest absolute Gasteiger partial charge is 0.248 e. The van der Waals surface area contributed by atoms with Gasteiger partial charge in [0.05, 0.1) is 23.6 Å². The molecule has 5 aromatic rings. The summed E-state index contributed by atoms with van der Waals surface area (Å²) in [7, 11) is 0. The molecule has 0 atom stereocenters. The lowest BCUT2D eigenvalue weighted by Crippen LogP contribution is -2.10. The van der Waals surface area contributed by atoms with E-state index in [1.807, 2.05) is 54.7 Å². The summed E-state index contributed by atoms with van der Waals surface area (Å²) in [5, 5.41) is 16.5. The third-order valence-electron chi connectivity index (χ3n) is 4.64. The first-order valence-corrected chi connectivity index (χ1v) is 9.12. The molecule has 2 N–H and O–H groups in total. The predicted molar refractivity (Wildman–Crippen MR) is 111 cm³/mol. The van der Waals surface area contributed by atoms with Gasteiger partial charge >= 0.3 is 0 Å². The zero-order chi connectivity index (χ0) is 19.6. The largest absolute Gasteiger partial charge is 0.361 e. The Morgan fingerprint density at radius 1 is 1.14 bits per heavy atom. The minimum absolute atomic E-state index is 0.221. The molecule has 8 heteroatoms. The average Bonchev–Trinajstić information content (AvgIpc) is 3.46. The summed E-state index contributed by atoms with van der Waals surface area (Å²) in [6, 6.07) is 15.7. The van der Waals surface area contributed by atoms with E-state index in [0.717, 1.165) is 27.5 Å². The number of rotatable bonds is 5. The first-order chi connectivity index (χ1) is 14.3. The van der Waals surface area contributed by atoms with E-state index in [2.05, 4.69) is 25.7 Å². The van der Waals surface area contributed by atoms with Crippen LogP contribution >= 0.6 is 0 Å². The maximum Gasteiger partial charge on any atom is 0.248 e. The van der Waals surface area contributed by atoms with Crippen molar-refractivity contribution in [3.8, 4) is 0 Å². The van der Waals surface area contributed by atoms with Crippen LogP contribution in [0, 0.1) is 0 Å². The molecule has 1 amide bonds. The van der Waals surface area contributed by atoms with Gasteiger partial charge in [-0.3, -0.25) is 4.79 Å². The molecule has 0 bridgehead atoms. The fraction of sp³-hybridized carbons (Fsp3) is 0.0476. The standard InChI is InChI=1S/C21H17N7O/c29-21(10-9-15-11-22-18-6-2-1-5-17(15)18)24-16-12-23-27(13-16)14-28-20-8-4-3-7-19(20)25-26-28/h1-13,22H,14H2,(H,24,29). The molecule has 0 saturated heterocycles. The van der Waals surface area contributed by atoms with Gasteiger partial charge in [-0.2, -0.15) is 5.10 Å². The van der Waals surface area contributed by atoms with Crippen LogP contribution in [-0.4, -0.2) is 35.7 Å². The molecule has 8 nitrogen and oxygen atoms in total. The first-order valence-electron chi connectivity index (χ1n) is 9.12. The maximum absolute atomic E-state index is 12.3. The van der Waals surface area contributed by atoms with Gasteiger partial charge in [0.15, 0.2) is 0 Å². The Morgan fingerprint density at radius 2 is 2.00 bits per heavy atom. The Bertz CT molecular complexity index is 1340. The molecule has 0 unspecified atom stereocenters. The van der Waals surface area contributed by atoms with Crippen molar-refractivity contribution in [1.29, 1.82) is 0 Å². The number of benzene rings is 2. The Labute approximate surface area is 165 Å². The number of aromatic amines is 1. The average molecular weight is 383 g/mol. The molecule has 0 fully saturated rings. The zero-order valence-corrected chi connectivity index (χ0v) is 15.4. The van der Waals surface area contributed by atoms with Crippen LogP contribution in [0.4, 0.5) is 5.69 Å². The first kappa shape index (κ1) is 16.9. The van der Waals surface area contributed by atoms with Gasteiger partial charge in [-0.1, -0.05) is 35.5 Å². The van der Waals surface area contributed by atoms with Crippen LogP contribution in [0.1, 0.15) is 5.56 Å². The second-order valence-electron chi connectivity index (χ2n) is 6.60. The molecule has 0 aliphatic carbocycles. The van der Waals surface area contributed by atoms with Gasteiger partial charge in [0.1, 0.15) is 12.2 Å². The zero-order valence-electron chi connectivity index (χ0n) is 15.4. The topological polar surface area (TPSA) is 93.4 Å². The number of nitrogens with one attached hydrogen (secondary N) is 2. The van der Waals surface area contributed by atoms with Crippen molar-refractivity contribution in [2.45, 2.75) is 6.67 Å². The lowest BCUT2D eigenvalue weighted by Gasteiger charge is -2.02. The molecule has 0 saturated carbocycles. The molecule has 0 spiro atoms. The number of carbonyl (C=O) groups excluding carboxylic acids is 1. The highest BCUT2D eigenvalue weighted by molar-refractivity contribution is 6.03. The fourth-order valence-corrected chi connectivity index (χ4v) is 3.25. The molecule has 0 aliphatic heterocycles. The Balaban J connectivity index is 1.26. The summed E-state index contributed by atoms with van der Waals surface area (Å²) < 4.78 is 3.45. The number of H-pyrrole nitrogens is 1. The van der Waals surface area contributed by atoms with E-state index in [4.69, 9.17) is 0 Å². The van der Waals surface area contributed by atoms with Crippen molar-refractivity contribution >= 4 is 39.6 Å². The van der Waals surface area contributed by atoms with Crippen LogP contribution in [0.15, 0.2) is 73.2 Å². The van der Waals surface area contributed by atoms with E-state index < -0.39 is 0 Å². The molecular weight excluding hydrogens is 366 g/mol. The summed E-state index contributed by atoms with van der Waals surface area (Å²) >= 11 is 0. The van der Waals surface area contributed by atoms with Crippen molar-refractivity contribution in [2.75, 3.05) is 5.32 Å².